The van der Waals surface area contributed by atoms with Crippen molar-refractivity contribution in [3.05, 3.63) is 41.3 Å². The normalized spacial score (nSPS) is 14.7. The van der Waals surface area contributed by atoms with Gasteiger partial charge in [-0.25, -0.2) is 0 Å². The maximum atomic E-state index is 12.5. The second-order valence-electron chi connectivity index (χ2n) is 6.37. The van der Waals surface area contributed by atoms with Crippen molar-refractivity contribution in [3.63, 3.8) is 0 Å². The van der Waals surface area contributed by atoms with Crippen LogP contribution in [0.1, 0.15) is 23.4 Å². The molecular formula is C19H25N3O3. The van der Waals surface area contributed by atoms with Gasteiger partial charge in [0.2, 0.25) is 5.91 Å². The largest absolute Gasteiger partial charge is 0.497 e. The Bertz CT molecular complexity index is 714. The molecular weight excluding hydrogens is 318 g/mol. The summed E-state index contributed by atoms with van der Waals surface area (Å²) in [6.07, 6.45) is 1.19. The van der Waals surface area contributed by atoms with Crippen LogP contribution in [0.2, 0.25) is 0 Å². The first kappa shape index (κ1) is 17.3. The Labute approximate surface area is 148 Å². The molecule has 1 fully saturated rings. The summed E-state index contributed by atoms with van der Waals surface area (Å²) in [6, 6.07) is 8.06. The van der Waals surface area contributed by atoms with Gasteiger partial charge in [-0.1, -0.05) is 11.2 Å². The SMILES string of the molecule is COc1cccc(N2CCN(C(=O)CCc3c(C)noc3C)CC2)c1. The molecule has 1 aromatic heterocycles. The van der Waals surface area contributed by atoms with Crippen LogP contribution < -0.4 is 9.64 Å². The third-order valence-electron chi connectivity index (χ3n) is 4.82. The van der Waals surface area contributed by atoms with Crippen LogP contribution in [-0.4, -0.2) is 49.3 Å². The van der Waals surface area contributed by atoms with Crippen LogP contribution >= 0.6 is 0 Å². The van der Waals surface area contributed by atoms with Gasteiger partial charge in [-0.3, -0.25) is 4.79 Å². The van der Waals surface area contributed by atoms with Crippen molar-refractivity contribution in [2.45, 2.75) is 26.7 Å². The number of piperazine rings is 1. The predicted octanol–water partition coefficient (Wildman–Crippen LogP) is 2.58. The summed E-state index contributed by atoms with van der Waals surface area (Å²) in [6.45, 7) is 6.99. The Morgan fingerprint density at radius 1 is 1.24 bits per heavy atom. The molecule has 6 nitrogen and oxygen atoms in total. The van der Waals surface area contributed by atoms with E-state index in [2.05, 4.69) is 16.1 Å². The van der Waals surface area contributed by atoms with Crippen molar-refractivity contribution in [1.29, 1.82) is 0 Å². The molecule has 1 saturated heterocycles. The van der Waals surface area contributed by atoms with Crippen LogP contribution in [0.25, 0.3) is 0 Å². The fraction of sp³-hybridized carbons (Fsp3) is 0.474. The summed E-state index contributed by atoms with van der Waals surface area (Å²) < 4.78 is 10.5. The van der Waals surface area contributed by atoms with Gasteiger partial charge in [-0.15, -0.1) is 0 Å². The van der Waals surface area contributed by atoms with Crippen molar-refractivity contribution in [2.75, 3.05) is 38.2 Å². The highest BCUT2D eigenvalue weighted by Crippen LogP contribution is 2.22. The zero-order valence-corrected chi connectivity index (χ0v) is 15.1. The third-order valence-corrected chi connectivity index (χ3v) is 4.82. The van der Waals surface area contributed by atoms with Crippen LogP contribution in [-0.2, 0) is 11.2 Å². The summed E-state index contributed by atoms with van der Waals surface area (Å²) in [5, 5.41) is 3.95. The van der Waals surface area contributed by atoms with Gasteiger partial charge in [-0.05, 0) is 32.4 Å². The number of rotatable bonds is 5. The van der Waals surface area contributed by atoms with Gasteiger partial charge in [0.25, 0.3) is 0 Å². The number of carbonyl (C=O) groups excluding carboxylic acids is 1. The summed E-state index contributed by atoms with van der Waals surface area (Å²) >= 11 is 0. The molecule has 0 saturated carbocycles. The highest BCUT2D eigenvalue weighted by atomic mass is 16.5. The first-order chi connectivity index (χ1) is 12.1. The Kier molecular flexibility index (Phi) is 5.26. The molecule has 0 radical (unpaired) electrons. The molecule has 0 unspecified atom stereocenters. The van der Waals surface area contributed by atoms with Crippen molar-refractivity contribution < 1.29 is 14.1 Å². The lowest BCUT2D eigenvalue weighted by Gasteiger charge is -2.36. The fourth-order valence-corrected chi connectivity index (χ4v) is 3.27. The van der Waals surface area contributed by atoms with Crippen molar-refractivity contribution in [2.24, 2.45) is 0 Å². The number of nitrogens with zero attached hydrogens (tertiary/aromatic N) is 3. The van der Waals surface area contributed by atoms with Crippen molar-refractivity contribution in [1.82, 2.24) is 10.1 Å². The van der Waals surface area contributed by atoms with Gasteiger partial charge in [0, 0.05) is 49.9 Å². The minimum atomic E-state index is 0.199. The minimum absolute atomic E-state index is 0.199. The highest BCUT2D eigenvalue weighted by molar-refractivity contribution is 5.77. The van der Waals surface area contributed by atoms with E-state index in [1.165, 1.54) is 0 Å². The molecule has 0 spiro atoms. The Morgan fingerprint density at radius 2 is 2.00 bits per heavy atom. The number of amides is 1. The fourth-order valence-electron chi connectivity index (χ4n) is 3.27. The first-order valence-electron chi connectivity index (χ1n) is 8.67. The average molecular weight is 343 g/mol. The van der Waals surface area contributed by atoms with E-state index in [1.54, 1.807) is 7.11 Å². The molecule has 0 aliphatic carbocycles. The second-order valence-corrected chi connectivity index (χ2v) is 6.37. The summed E-state index contributed by atoms with van der Waals surface area (Å²) in [5.74, 6) is 1.87. The molecule has 1 aliphatic heterocycles. The smallest absolute Gasteiger partial charge is 0.223 e. The van der Waals surface area contributed by atoms with Gasteiger partial charge >= 0.3 is 0 Å². The third kappa shape index (κ3) is 3.95. The Hall–Kier alpha value is -2.50. The first-order valence-corrected chi connectivity index (χ1v) is 8.67. The zero-order valence-electron chi connectivity index (χ0n) is 15.1. The highest BCUT2D eigenvalue weighted by Gasteiger charge is 2.22. The van der Waals surface area contributed by atoms with Gasteiger partial charge in [0.05, 0.1) is 12.8 Å². The van der Waals surface area contributed by atoms with E-state index < -0.39 is 0 Å². The van der Waals surface area contributed by atoms with Crippen LogP contribution in [0.4, 0.5) is 5.69 Å². The van der Waals surface area contributed by atoms with Crippen LogP contribution in [0.3, 0.4) is 0 Å². The number of hydrogen-bond acceptors (Lipinski definition) is 5. The van der Waals surface area contributed by atoms with Gasteiger partial charge in [0.15, 0.2) is 0 Å². The standard InChI is InChI=1S/C19H25N3O3/c1-14-18(15(2)25-20-14)7-8-19(23)22-11-9-21(10-12-22)16-5-4-6-17(13-16)24-3/h4-6,13H,7-12H2,1-3H3. The molecule has 0 bridgehead atoms. The van der Waals surface area contributed by atoms with Crippen molar-refractivity contribution >= 4 is 11.6 Å². The van der Waals surface area contributed by atoms with E-state index in [0.717, 1.165) is 54.6 Å². The second kappa shape index (κ2) is 7.59. The average Bonchev–Trinajstić information content (AvgIpc) is 2.97. The lowest BCUT2D eigenvalue weighted by atomic mass is 10.1. The van der Waals surface area contributed by atoms with E-state index >= 15 is 0 Å². The molecule has 0 N–H and O–H groups in total. The molecule has 25 heavy (non-hydrogen) atoms. The monoisotopic (exact) mass is 343 g/mol. The number of aromatic nitrogens is 1. The number of aryl methyl sites for hydroxylation is 2. The quantitative estimate of drug-likeness (QED) is 0.835. The lowest BCUT2D eigenvalue weighted by Crippen LogP contribution is -2.48. The molecule has 2 aromatic rings. The Morgan fingerprint density at radius 3 is 2.64 bits per heavy atom. The molecule has 0 atom stereocenters. The number of hydrogen-bond donors (Lipinski definition) is 0. The van der Waals surface area contributed by atoms with Crippen molar-refractivity contribution in [3.8, 4) is 5.75 Å². The van der Waals surface area contributed by atoms with E-state index in [4.69, 9.17) is 9.26 Å². The molecule has 134 valence electrons. The van der Waals surface area contributed by atoms with Crippen LogP contribution in [0, 0.1) is 13.8 Å². The Balaban J connectivity index is 1.52. The summed E-state index contributed by atoms with van der Waals surface area (Å²) in [4.78, 5) is 16.7. The molecule has 3 rings (SSSR count). The summed E-state index contributed by atoms with van der Waals surface area (Å²) in [7, 11) is 1.68. The van der Waals surface area contributed by atoms with Gasteiger partial charge in [0.1, 0.15) is 11.5 Å². The van der Waals surface area contributed by atoms with Crippen LogP contribution in [0.5, 0.6) is 5.75 Å². The number of carbonyl (C=O) groups is 1. The molecule has 6 heteroatoms. The maximum Gasteiger partial charge on any atom is 0.223 e. The molecule has 1 aliphatic rings. The van der Waals surface area contributed by atoms with Crippen LogP contribution in [0.15, 0.2) is 28.8 Å². The molecule has 1 aromatic carbocycles. The van der Waals surface area contributed by atoms with E-state index in [-0.39, 0.29) is 5.91 Å². The molecule has 1 amide bonds. The lowest BCUT2D eigenvalue weighted by molar-refractivity contribution is -0.131. The molecule has 2 heterocycles. The zero-order chi connectivity index (χ0) is 17.8. The van der Waals surface area contributed by atoms with Gasteiger partial charge in [-0.2, -0.15) is 0 Å². The number of benzene rings is 1. The summed E-state index contributed by atoms with van der Waals surface area (Å²) in [5.41, 5.74) is 3.08. The van der Waals surface area contributed by atoms with E-state index in [9.17, 15) is 4.79 Å². The predicted molar refractivity (Wildman–Crippen MR) is 96.1 cm³/mol. The maximum absolute atomic E-state index is 12.5. The number of ether oxygens (including phenoxy) is 1. The topological polar surface area (TPSA) is 58.8 Å². The minimum Gasteiger partial charge on any atom is -0.497 e. The number of anilines is 1. The van der Waals surface area contributed by atoms with Gasteiger partial charge < -0.3 is 19.1 Å². The number of methoxy groups -OCH3 is 1. The van der Waals surface area contributed by atoms with E-state index in [1.807, 2.05) is 36.9 Å². The van der Waals surface area contributed by atoms with E-state index in [0.29, 0.717) is 12.8 Å².